The molecule has 6 nitrogen and oxygen atoms in total. The van der Waals surface area contributed by atoms with E-state index in [1.165, 1.54) is 0 Å². The SMILES string of the molecule is CC12CCC(=O)N1C(C(=O)Nc1nc3ccccc3n1-c1ccccc1)CS2. The van der Waals surface area contributed by atoms with Gasteiger partial charge in [0.15, 0.2) is 0 Å². The lowest BCUT2D eigenvalue weighted by Gasteiger charge is -2.29. The van der Waals surface area contributed by atoms with E-state index in [9.17, 15) is 9.59 Å². The van der Waals surface area contributed by atoms with Gasteiger partial charge in [0, 0.05) is 17.9 Å². The average Bonchev–Trinajstić information content (AvgIpc) is 3.33. The van der Waals surface area contributed by atoms with Gasteiger partial charge in [-0.15, -0.1) is 11.8 Å². The molecule has 2 atom stereocenters. The third-order valence-corrected chi connectivity index (χ3v) is 7.06. The van der Waals surface area contributed by atoms with Crippen LogP contribution in [-0.4, -0.2) is 42.9 Å². The summed E-state index contributed by atoms with van der Waals surface area (Å²) in [6.07, 6.45) is 1.30. The van der Waals surface area contributed by atoms with Gasteiger partial charge >= 0.3 is 0 Å². The first-order valence-corrected chi connectivity index (χ1v) is 10.4. The van der Waals surface area contributed by atoms with Gasteiger partial charge in [-0.05, 0) is 37.6 Å². The molecule has 0 saturated carbocycles. The van der Waals surface area contributed by atoms with E-state index in [1.54, 1.807) is 16.7 Å². The van der Waals surface area contributed by atoms with E-state index in [4.69, 9.17) is 0 Å². The highest BCUT2D eigenvalue weighted by Crippen LogP contribution is 2.47. The van der Waals surface area contributed by atoms with Crippen LogP contribution in [0.15, 0.2) is 54.6 Å². The van der Waals surface area contributed by atoms with Gasteiger partial charge in [-0.25, -0.2) is 4.98 Å². The average molecular weight is 392 g/mol. The number of hydrogen-bond donors (Lipinski definition) is 1. The van der Waals surface area contributed by atoms with Gasteiger partial charge in [-0.1, -0.05) is 30.3 Å². The molecule has 0 radical (unpaired) electrons. The van der Waals surface area contributed by atoms with Crippen molar-refractivity contribution in [2.75, 3.05) is 11.1 Å². The number of rotatable bonds is 3. The molecule has 2 amide bonds. The van der Waals surface area contributed by atoms with Crippen molar-refractivity contribution in [3.8, 4) is 5.69 Å². The quantitative estimate of drug-likeness (QED) is 0.742. The normalized spacial score (nSPS) is 24.0. The van der Waals surface area contributed by atoms with Gasteiger partial charge in [0.1, 0.15) is 6.04 Å². The Kier molecular flexibility index (Phi) is 3.94. The summed E-state index contributed by atoms with van der Waals surface area (Å²) < 4.78 is 1.94. The number of benzene rings is 2. The number of carbonyl (C=O) groups excluding carboxylic acids is 2. The molecule has 3 heterocycles. The van der Waals surface area contributed by atoms with Crippen molar-refractivity contribution in [3.63, 3.8) is 0 Å². The standard InChI is InChI=1S/C21H20N4O2S/c1-21-12-11-18(26)25(21)17(13-28-21)19(27)23-20-22-15-9-5-6-10-16(15)24(20)14-7-3-2-4-8-14/h2-10,17H,11-13H2,1H3,(H,22,23,27). The first-order chi connectivity index (χ1) is 13.6. The number of nitrogens with one attached hydrogen (secondary N) is 1. The second-order valence-corrected chi connectivity index (χ2v) is 8.85. The Hall–Kier alpha value is -2.80. The number of para-hydroxylation sites is 3. The van der Waals surface area contributed by atoms with Crippen LogP contribution >= 0.6 is 11.8 Å². The minimum atomic E-state index is -0.464. The largest absolute Gasteiger partial charge is 0.315 e. The molecule has 2 aliphatic heterocycles. The maximum Gasteiger partial charge on any atom is 0.250 e. The molecule has 1 N–H and O–H groups in total. The number of amides is 2. The van der Waals surface area contributed by atoms with Crippen LogP contribution in [0.1, 0.15) is 19.8 Å². The summed E-state index contributed by atoms with van der Waals surface area (Å²) in [5, 5.41) is 3.00. The van der Waals surface area contributed by atoms with E-state index >= 15 is 0 Å². The van der Waals surface area contributed by atoms with Crippen LogP contribution < -0.4 is 5.32 Å². The summed E-state index contributed by atoms with van der Waals surface area (Å²) in [6.45, 7) is 2.05. The van der Waals surface area contributed by atoms with E-state index in [-0.39, 0.29) is 16.7 Å². The van der Waals surface area contributed by atoms with E-state index < -0.39 is 6.04 Å². The zero-order valence-electron chi connectivity index (χ0n) is 15.5. The predicted octanol–water partition coefficient (Wildman–Crippen LogP) is 3.42. The van der Waals surface area contributed by atoms with Gasteiger partial charge in [0.25, 0.3) is 0 Å². The first kappa shape index (κ1) is 17.3. The summed E-state index contributed by atoms with van der Waals surface area (Å²) in [5.74, 6) is 0.963. The number of fused-ring (bicyclic) bond motifs is 2. The smallest absolute Gasteiger partial charge is 0.250 e. The molecule has 142 valence electrons. The molecular formula is C21H20N4O2S. The number of aromatic nitrogens is 2. The summed E-state index contributed by atoms with van der Waals surface area (Å²) in [7, 11) is 0. The van der Waals surface area contributed by atoms with E-state index in [2.05, 4.69) is 17.2 Å². The zero-order chi connectivity index (χ0) is 19.3. The molecular weight excluding hydrogens is 372 g/mol. The maximum atomic E-state index is 13.1. The van der Waals surface area contributed by atoms with Crippen LogP contribution in [0.5, 0.6) is 0 Å². The van der Waals surface area contributed by atoms with Crippen molar-refractivity contribution in [3.05, 3.63) is 54.6 Å². The van der Waals surface area contributed by atoms with Crippen molar-refractivity contribution < 1.29 is 9.59 Å². The number of carbonyl (C=O) groups is 2. The van der Waals surface area contributed by atoms with Gasteiger partial charge in [0.2, 0.25) is 17.8 Å². The van der Waals surface area contributed by atoms with Gasteiger partial charge in [-0.2, -0.15) is 0 Å². The van der Waals surface area contributed by atoms with Gasteiger partial charge < -0.3 is 4.90 Å². The predicted molar refractivity (Wildman–Crippen MR) is 110 cm³/mol. The number of imidazole rings is 1. The molecule has 2 aliphatic rings. The molecule has 0 spiro atoms. The fraction of sp³-hybridized carbons (Fsp3) is 0.286. The molecule has 0 bridgehead atoms. The molecule has 28 heavy (non-hydrogen) atoms. The van der Waals surface area contributed by atoms with Gasteiger partial charge in [0.05, 0.1) is 15.9 Å². The molecule has 2 unspecified atom stereocenters. The number of thioether (sulfide) groups is 1. The Balaban J connectivity index is 1.52. The summed E-state index contributed by atoms with van der Waals surface area (Å²) in [4.78, 5) is 31.6. The lowest BCUT2D eigenvalue weighted by atomic mass is 10.2. The number of nitrogens with zero attached hydrogens (tertiary/aromatic N) is 3. The van der Waals surface area contributed by atoms with Crippen molar-refractivity contribution in [1.82, 2.24) is 14.5 Å². The molecule has 2 fully saturated rings. The summed E-state index contributed by atoms with van der Waals surface area (Å²) in [6, 6.07) is 17.2. The van der Waals surface area contributed by atoms with Crippen molar-refractivity contribution >= 4 is 40.6 Å². The Bertz CT molecular complexity index is 1080. The Morgan fingerprint density at radius 1 is 1.18 bits per heavy atom. The second kappa shape index (κ2) is 6.38. The molecule has 2 aromatic carbocycles. The van der Waals surface area contributed by atoms with Crippen LogP contribution in [-0.2, 0) is 9.59 Å². The molecule has 1 aromatic heterocycles. The Morgan fingerprint density at radius 2 is 1.93 bits per heavy atom. The topological polar surface area (TPSA) is 67.2 Å². The number of hydrogen-bond acceptors (Lipinski definition) is 4. The monoisotopic (exact) mass is 392 g/mol. The Morgan fingerprint density at radius 3 is 2.75 bits per heavy atom. The zero-order valence-corrected chi connectivity index (χ0v) is 16.3. The minimum Gasteiger partial charge on any atom is -0.315 e. The molecule has 5 rings (SSSR count). The second-order valence-electron chi connectivity index (χ2n) is 7.35. The first-order valence-electron chi connectivity index (χ1n) is 9.37. The van der Waals surface area contributed by atoms with E-state index in [0.29, 0.717) is 18.1 Å². The summed E-state index contributed by atoms with van der Waals surface area (Å²) >= 11 is 1.69. The fourth-order valence-corrected chi connectivity index (χ4v) is 5.59. The van der Waals surface area contributed by atoms with Crippen LogP contribution in [0, 0.1) is 0 Å². The van der Waals surface area contributed by atoms with Crippen molar-refractivity contribution in [2.24, 2.45) is 0 Å². The van der Waals surface area contributed by atoms with Crippen LogP contribution in [0.3, 0.4) is 0 Å². The van der Waals surface area contributed by atoms with Crippen LogP contribution in [0.25, 0.3) is 16.7 Å². The molecule has 3 aromatic rings. The van der Waals surface area contributed by atoms with E-state index in [1.807, 2.05) is 59.2 Å². The van der Waals surface area contributed by atoms with Crippen molar-refractivity contribution in [1.29, 1.82) is 0 Å². The molecule has 7 heteroatoms. The fourth-order valence-electron chi connectivity index (χ4n) is 4.16. The minimum absolute atomic E-state index is 0.0595. The number of anilines is 1. The van der Waals surface area contributed by atoms with Crippen LogP contribution in [0.4, 0.5) is 5.95 Å². The highest BCUT2D eigenvalue weighted by atomic mass is 32.2. The van der Waals surface area contributed by atoms with E-state index in [0.717, 1.165) is 23.1 Å². The molecule has 0 aliphatic carbocycles. The highest BCUT2D eigenvalue weighted by molar-refractivity contribution is 8.01. The van der Waals surface area contributed by atoms with Crippen LogP contribution in [0.2, 0.25) is 0 Å². The Labute approximate surface area is 166 Å². The highest BCUT2D eigenvalue weighted by Gasteiger charge is 2.53. The third-order valence-electron chi connectivity index (χ3n) is 5.56. The lowest BCUT2D eigenvalue weighted by molar-refractivity contribution is -0.135. The van der Waals surface area contributed by atoms with Gasteiger partial charge in [-0.3, -0.25) is 19.5 Å². The third kappa shape index (κ3) is 2.61. The maximum absolute atomic E-state index is 13.1. The summed E-state index contributed by atoms with van der Waals surface area (Å²) in [5.41, 5.74) is 2.66. The molecule has 2 saturated heterocycles. The van der Waals surface area contributed by atoms with Crippen molar-refractivity contribution in [2.45, 2.75) is 30.7 Å². The lowest BCUT2D eigenvalue weighted by Crippen LogP contribution is -2.48.